The quantitative estimate of drug-likeness (QED) is 0.520. The third-order valence-electron chi connectivity index (χ3n) is 4.04. The van der Waals surface area contributed by atoms with Crippen molar-refractivity contribution in [3.05, 3.63) is 83.9 Å². The first-order valence-corrected chi connectivity index (χ1v) is 10.6. The van der Waals surface area contributed by atoms with Gasteiger partial charge in [-0.05, 0) is 74.6 Å². The predicted octanol–water partition coefficient (Wildman–Crippen LogP) is 4.91. The van der Waals surface area contributed by atoms with E-state index in [1.54, 1.807) is 24.3 Å². The molecule has 0 fully saturated rings. The third-order valence-corrected chi connectivity index (χ3v) is 5.64. The maximum absolute atomic E-state index is 12.5. The summed E-state index contributed by atoms with van der Waals surface area (Å²) in [7, 11) is -3.65. The second-order valence-electron chi connectivity index (χ2n) is 6.44. The molecule has 0 bridgehead atoms. The summed E-state index contributed by atoms with van der Waals surface area (Å²) in [5.41, 5.74) is 4.33. The Labute approximate surface area is 170 Å². The van der Waals surface area contributed by atoms with E-state index in [0.717, 1.165) is 11.3 Å². The summed E-state index contributed by atoms with van der Waals surface area (Å²) in [6, 6.07) is 21.5. The Bertz CT molecular complexity index is 1060. The predicted molar refractivity (Wildman–Crippen MR) is 119 cm³/mol. The lowest BCUT2D eigenvalue weighted by atomic mass is 10.2. The maximum atomic E-state index is 12.5. The number of benzene rings is 3. The molecule has 0 aromatic heterocycles. The van der Waals surface area contributed by atoms with E-state index in [-0.39, 0.29) is 4.90 Å². The van der Waals surface area contributed by atoms with Gasteiger partial charge in [0.1, 0.15) is 0 Å². The van der Waals surface area contributed by atoms with Crippen molar-refractivity contribution in [1.29, 1.82) is 0 Å². The summed E-state index contributed by atoms with van der Waals surface area (Å²) >= 11 is 5.30. The first-order chi connectivity index (χ1) is 13.3. The standard InChI is InChI=1S/C21H21N3O2S2/c1-15-3-7-17(8-4-15)22-21(27)23-18-11-13-20(14-12-18)28(25,26)24-19-9-5-16(2)6-10-19/h3-14,24H,1-2H3,(H2,22,23,27). The minimum Gasteiger partial charge on any atom is -0.332 e. The molecule has 28 heavy (non-hydrogen) atoms. The zero-order valence-corrected chi connectivity index (χ0v) is 17.2. The molecule has 3 rings (SSSR count). The number of anilines is 3. The highest BCUT2D eigenvalue weighted by Gasteiger charge is 2.14. The van der Waals surface area contributed by atoms with Crippen LogP contribution in [-0.2, 0) is 10.0 Å². The summed E-state index contributed by atoms with van der Waals surface area (Å²) < 4.78 is 27.6. The van der Waals surface area contributed by atoms with Crippen LogP contribution < -0.4 is 15.4 Å². The first kappa shape index (κ1) is 19.9. The molecule has 0 aliphatic heterocycles. The molecule has 0 atom stereocenters. The van der Waals surface area contributed by atoms with Crippen molar-refractivity contribution in [3.63, 3.8) is 0 Å². The van der Waals surface area contributed by atoms with E-state index in [4.69, 9.17) is 12.2 Å². The monoisotopic (exact) mass is 411 g/mol. The van der Waals surface area contributed by atoms with Gasteiger partial charge in [-0.25, -0.2) is 8.42 Å². The lowest BCUT2D eigenvalue weighted by molar-refractivity contribution is 0.601. The van der Waals surface area contributed by atoms with E-state index >= 15 is 0 Å². The van der Waals surface area contributed by atoms with Crippen molar-refractivity contribution in [2.45, 2.75) is 18.7 Å². The molecule has 0 radical (unpaired) electrons. The Morgan fingerprint density at radius 1 is 0.679 bits per heavy atom. The Kier molecular flexibility index (Phi) is 5.96. The highest BCUT2D eigenvalue weighted by molar-refractivity contribution is 7.92. The van der Waals surface area contributed by atoms with Crippen LogP contribution in [0.1, 0.15) is 11.1 Å². The smallest absolute Gasteiger partial charge is 0.261 e. The fraction of sp³-hybridized carbons (Fsp3) is 0.0952. The highest BCUT2D eigenvalue weighted by Crippen LogP contribution is 2.19. The van der Waals surface area contributed by atoms with E-state index < -0.39 is 10.0 Å². The van der Waals surface area contributed by atoms with Crippen LogP contribution in [0.25, 0.3) is 0 Å². The molecule has 0 aliphatic carbocycles. The van der Waals surface area contributed by atoms with Crippen LogP contribution in [0.5, 0.6) is 0 Å². The van der Waals surface area contributed by atoms with Crippen molar-refractivity contribution in [1.82, 2.24) is 0 Å². The molecular formula is C21H21N3O2S2. The molecule has 3 aromatic carbocycles. The molecule has 0 heterocycles. The van der Waals surface area contributed by atoms with Crippen LogP contribution in [0.2, 0.25) is 0 Å². The van der Waals surface area contributed by atoms with Gasteiger partial charge in [-0.3, -0.25) is 4.72 Å². The van der Waals surface area contributed by atoms with Crippen LogP contribution in [0.15, 0.2) is 77.7 Å². The fourth-order valence-electron chi connectivity index (χ4n) is 2.48. The number of hydrogen-bond donors (Lipinski definition) is 3. The number of hydrogen-bond acceptors (Lipinski definition) is 3. The molecule has 144 valence electrons. The number of rotatable bonds is 5. The van der Waals surface area contributed by atoms with E-state index in [1.165, 1.54) is 17.7 Å². The minimum absolute atomic E-state index is 0.177. The summed E-state index contributed by atoms with van der Waals surface area (Å²) in [6.07, 6.45) is 0. The van der Waals surface area contributed by atoms with Crippen molar-refractivity contribution in [2.75, 3.05) is 15.4 Å². The average Bonchev–Trinajstić information content (AvgIpc) is 2.66. The molecular weight excluding hydrogens is 390 g/mol. The Hall–Kier alpha value is -2.90. The van der Waals surface area contributed by atoms with E-state index in [2.05, 4.69) is 15.4 Å². The zero-order chi connectivity index (χ0) is 20.1. The molecule has 0 saturated heterocycles. The van der Waals surface area contributed by atoms with Crippen molar-refractivity contribution in [3.8, 4) is 0 Å². The Morgan fingerprint density at radius 3 is 1.54 bits per heavy atom. The summed E-state index contributed by atoms with van der Waals surface area (Å²) in [5, 5.41) is 6.56. The van der Waals surface area contributed by atoms with Gasteiger partial charge in [0.25, 0.3) is 10.0 Å². The van der Waals surface area contributed by atoms with Gasteiger partial charge < -0.3 is 10.6 Å². The van der Waals surface area contributed by atoms with Gasteiger partial charge >= 0.3 is 0 Å². The van der Waals surface area contributed by atoms with Crippen LogP contribution in [0.3, 0.4) is 0 Å². The molecule has 3 aromatic rings. The number of thiocarbonyl (C=S) groups is 1. The van der Waals surface area contributed by atoms with Gasteiger partial charge in [-0.15, -0.1) is 0 Å². The third kappa shape index (κ3) is 5.31. The normalized spacial score (nSPS) is 10.9. The second-order valence-corrected chi connectivity index (χ2v) is 8.53. The summed E-state index contributed by atoms with van der Waals surface area (Å²) in [6.45, 7) is 3.96. The minimum atomic E-state index is -3.65. The van der Waals surface area contributed by atoms with Crippen molar-refractivity contribution >= 4 is 44.4 Å². The molecule has 3 N–H and O–H groups in total. The largest absolute Gasteiger partial charge is 0.332 e. The molecule has 5 nitrogen and oxygen atoms in total. The molecule has 0 aliphatic rings. The Morgan fingerprint density at radius 2 is 1.07 bits per heavy atom. The van der Waals surface area contributed by atoms with Gasteiger partial charge in [-0.1, -0.05) is 35.4 Å². The molecule has 0 spiro atoms. The van der Waals surface area contributed by atoms with Gasteiger partial charge in [0.15, 0.2) is 5.11 Å². The highest BCUT2D eigenvalue weighted by atomic mass is 32.2. The van der Waals surface area contributed by atoms with Crippen molar-refractivity contribution in [2.24, 2.45) is 0 Å². The lowest BCUT2D eigenvalue weighted by Crippen LogP contribution is -2.19. The fourth-order valence-corrected chi connectivity index (χ4v) is 3.78. The van der Waals surface area contributed by atoms with Crippen LogP contribution >= 0.6 is 12.2 Å². The first-order valence-electron chi connectivity index (χ1n) is 8.66. The Balaban J connectivity index is 1.64. The van der Waals surface area contributed by atoms with Gasteiger partial charge in [0.2, 0.25) is 0 Å². The second kappa shape index (κ2) is 8.41. The lowest BCUT2D eigenvalue weighted by Gasteiger charge is -2.12. The van der Waals surface area contributed by atoms with Gasteiger partial charge in [0.05, 0.1) is 4.90 Å². The number of nitrogens with one attached hydrogen (secondary N) is 3. The topological polar surface area (TPSA) is 70.2 Å². The maximum Gasteiger partial charge on any atom is 0.261 e. The van der Waals surface area contributed by atoms with Crippen LogP contribution in [-0.4, -0.2) is 13.5 Å². The average molecular weight is 412 g/mol. The summed E-state index contributed by atoms with van der Waals surface area (Å²) in [5.74, 6) is 0. The number of aryl methyl sites for hydroxylation is 2. The van der Waals surface area contributed by atoms with E-state index in [1.807, 2.05) is 50.2 Å². The number of sulfonamides is 1. The molecule has 0 amide bonds. The van der Waals surface area contributed by atoms with Gasteiger partial charge in [-0.2, -0.15) is 0 Å². The molecule has 7 heteroatoms. The summed E-state index contributed by atoms with van der Waals surface area (Å²) in [4.78, 5) is 0.177. The molecule has 0 unspecified atom stereocenters. The van der Waals surface area contributed by atoms with Crippen molar-refractivity contribution < 1.29 is 8.42 Å². The van der Waals surface area contributed by atoms with Crippen LogP contribution in [0.4, 0.5) is 17.1 Å². The SMILES string of the molecule is Cc1ccc(NC(=S)Nc2ccc(S(=O)(=O)Nc3ccc(C)cc3)cc2)cc1. The van der Waals surface area contributed by atoms with E-state index in [0.29, 0.717) is 16.5 Å². The van der Waals surface area contributed by atoms with E-state index in [9.17, 15) is 8.42 Å². The molecule has 0 saturated carbocycles. The zero-order valence-electron chi connectivity index (χ0n) is 15.6. The van der Waals surface area contributed by atoms with Gasteiger partial charge in [0, 0.05) is 17.1 Å². The van der Waals surface area contributed by atoms with Crippen LogP contribution in [0, 0.1) is 13.8 Å².